The molecule has 0 saturated carbocycles. The van der Waals surface area contributed by atoms with E-state index in [1.807, 2.05) is 0 Å². The number of nitrogens with one attached hydrogen (secondary N) is 3. The SMILES string of the molecule is NC(Cc1cnc[nH]1)C(=O)N1CCCC1C(=O)NC(CS)C(=O)NCC(=O)O. The number of likely N-dealkylation sites (tertiary alicyclic amines) is 1. The summed E-state index contributed by atoms with van der Waals surface area (Å²) in [7, 11) is 0. The fraction of sp³-hybridized carbons (Fsp3) is 0.562. The Balaban J connectivity index is 1.96. The number of carboxylic acid groups (broad SMARTS) is 1. The Morgan fingerprint density at radius 3 is 2.79 bits per heavy atom. The molecule has 1 saturated heterocycles. The number of amides is 3. The minimum Gasteiger partial charge on any atom is -0.480 e. The second-order valence-corrected chi connectivity index (χ2v) is 6.80. The molecule has 0 bridgehead atoms. The van der Waals surface area contributed by atoms with Crippen LogP contribution in [0.1, 0.15) is 18.5 Å². The van der Waals surface area contributed by atoms with Gasteiger partial charge in [-0.2, -0.15) is 12.6 Å². The molecule has 1 aromatic heterocycles. The van der Waals surface area contributed by atoms with E-state index >= 15 is 0 Å². The maximum absolute atomic E-state index is 12.7. The Kier molecular flexibility index (Phi) is 7.81. The van der Waals surface area contributed by atoms with Crippen LogP contribution in [0.3, 0.4) is 0 Å². The molecule has 154 valence electrons. The molecule has 3 atom stereocenters. The van der Waals surface area contributed by atoms with Crippen LogP contribution >= 0.6 is 12.6 Å². The quantitative estimate of drug-likeness (QED) is 0.252. The van der Waals surface area contributed by atoms with E-state index in [9.17, 15) is 19.2 Å². The number of carbonyl (C=O) groups excluding carboxylic acids is 3. The van der Waals surface area contributed by atoms with E-state index in [1.165, 1.54) is 11.2 Å². The van der Waals surface area contributed by atoms with E-state index in [2.05, 4.69) is 33.2 Å². The lowest BCUT2D eigenvalue weighted by Gasteiger charge is -2.27. The second kappa shape index (κ2) is 10.1. The summed E-state index contributed by atoms with van der Waals surface area (Å²) >= 11 is 4.03. The number of H-pyrrole nitrogens is 1. The second-order valence-electron chi connectivity index (χ2n) is 6.43. The highest BCUT2D eigenvalue weighted by Gasteiger charge is 2.37. The van der Waals surface area contributed by atoms with Gasteiger partial charge >= 0.3 is 5.97 Å². The van der Waals surface area contributed by atoms with Gasteiger partial charge in [0.25, 0.3) is 0 Å². The van der Waals surface area contributed by atoms with Crippen LogP contribution < -0.4 is 16.4 Å². The van der Waals surface area contributed by atoms with Crippen LogP contribution in [0.2, 0.25) is 0 Å². The van der Waals surface area contributed by atoms with Gasteiger partial charge in [0.2, 0.25) is 17.7 Å². The Labute approximate surface area is 166 Å². The molecule has 3 amide bonds. The number of aromatic nitrogens is 2. The number of aromatic amines is 1. The number of imidazole rings is 1. The molecule has 1 aliphatic rings. The molecule has 1 fully saturated rings. The molecule has 1 aromatic rings. The molecule has 2 heterocycles. The lowest BCUT2D eigenvalue weighted by Crippen LogP contribution is -2.56. The molecule has 11 nitrogen and oxygen atoms in total. The van der Waals surface area contributed by atoms with Crippen LogP contribution in [0.4, 0.5) is 0 Å². The van der Waals surface area contributed by atoms with E-state index in [1.54, 1.807) is 6.20 Å². The average molecular weight is 412 g/mol. The van der Waals surface area contributed by atoms with E-state index in [-0.39, 0.29) is 18.1 Å². The zero-order valence-corrected chi connectivity index (χ0v) is 16.0. The summed E-state index contributed by atoms with van der Waals surface area (Å²) in [4.78, 5) is 56.0. The van der Waals surface area contributed by atoms with Crippen LogP contribution in [0, 0.1) is 0 Å². The van der Waals surface area contributed by atoms with Gasteiger partial charge in [0.15, 0.2) is 0 Å². The first-order valence-electron chi connectivity index (χ1n) is 8.77. The van der Waals surface area contributed by atoms with Crippen LogP contribution in [0.15, 0.2) is 12.5 Å². The molecule has 0 spiro atoms. The van der Waals surface area contributed by atoms with Crippen LogP contribution in [-0.2, 0) is 25.6 Å². The standard InChI is InChI=1S/C16H24N6O5S/c17-10(4-9-5-18-8-20-9)16(27)22-3-1-2-12(22)15(26)21-11(7-28)14(25)19-6-13(23)24/h5,8,10-12,28H,1-4,6-7,17H2,(H,18,20)(H,19,25)(H,21,26)(H,23,24). The monoisotopic (exact) mass is 412 g/mol. The van der Waals surface area contributed by atoms with Crippen molar-refractivity contribution in [3.8, 4) is 0 Å². The number of hydrogen-bond acceptors (Lipinski definition) is 7. The largest absolute Gasteiger partial charge is 0.480 e. The van der Waals surface area contributed by atoms with E-state index in [0.29, 0.717) is 25.1 Å². The number of thiol groups is 1. The van der Waals surface area contributed by atoms with Crippen molar-refractivity contribution in [2.24, 2.45) is 5.73 Å². The fourth-order valence-electron chi connectivity index (χ4n) is 2.98. The van der Waals surface area contributed by atoms with Crippen molar-refractivity contribution in [1.29, 1.82) is 0 Å². The summed E-state index contributed by atoms with van der Waals surface area (Å²) in [5.41, 5.74) is 6.71. The van der Waals surface area contributed by atoms with Crippen molar-refractivity contribution < 1.29 is 24.3 Å². The molecule has 28 heavy (non-hydrogen) atoms. The van der Waals surface area contributed by atoms with Crippen molar-refractivity contribution in [3.63, 3.8) is 0 Å². The van der Waals surface area contributed by atoms with Gasteiger partial charge in [-0.1, -0.05) is 0 Å². The molecule has 12 heteroatoms. The maximum atomic E-state index is 12.7. The Bertz CT molecular complexity index is 712. The number of carbonyl (C=O) groups is 4. The predicted octanol–water partition coefficient (Wildman–Crippen LogP) is -2.11. The molecule has 2 rings (SSSR count). The molecule has 1 aliphatic heterocycles. The zero-order chi connectivity index (χ0) is 20.7. The lowest BCUT2D eigenvalue weighted by atomic mass is 10.1. The number of hydrogen-bond donors (Lipinski definition) is 6. The van der Waals surface area contributed by atoms with Crippen molar-refractivity contribution in [1.82, 2.24) is 25.5 Å². The molecule has 0 aromatic carbocycles. The van der Waals surface area contributed by atoms with Gasteiger partial charge in [-0.3, -0.25) is 19.2 Å². The first-order chi connectivity index (χ1) is 13.3. The first kappa shape index (κ1) is 21.7. The predicted molar refractivity (Wildman–Crippen MR) is 101 cm³/mol. The van der Waals surface area contributed by atoms with Crippen LogP contribution in [0.25, 0.3) is 0 Å². The van der Waals surface area contributed by atoms with Gasteiger partial charge in [0.05, 0.1) is 12.4 Å². The summed E-state index contributed by atoms with van der Waals surface area (Å²) < 4.78 is 0. The Morgan fingerprint density at radius 2 is 2.18 bits per heavy atom. The third kappa shape index (κ3) is 5.70. The number of carboxylic acids is 1. The van der Waals surface area contributed by atoms with Gasteiger partial charge < -0.3 is 31.4 Å². The summed E-state index contributed by atoms with van der Waals surface area (Å²) in [6.07, 6.45) is 4.42. The Hall–Kier alpha value is -2.60. The number of aliphatic carboxylic acids is 1. The molecule has 0 radical (unpaired) electrons. The minimum absolute atomic E-state index is 0.0167. The number of nitrogens with two attached hydrogens (primary N) is 1. The summed E-state index contributed by atoms with van der Waals surface area (Å²) in [5.74, 6) is -2.72. The molecule has 0 aliphatic carbocycles. The smallest absolute Gasteiger partial charge is 0.322 e. The summed E-state index contributed by atoms with van der Waals surface area (Å²) in [6.45, 7) is -0.167. The highest BCUT2D eigenvalue weighted by Crippen LogP contribution is 2.19. The topological polar surface area (TPSA) is 171 Å². The highest BCUT2D eigenvalue weighted by molar-refractivity contribution is 7.80. The molecule has 6 N–H and O–H groups in total. The summed E-state index contributed by atoms with van der Waals surface area (Å²) in [5, 5.41) is 13.4. The van der Waals surface area contributed by atoms with Crippen LogP contribution in [0.5, 0.6) is 0 Å². The number of rotatable bonds is 9. The van der Waals surface area contributed by atoms with E-state index in [0.717, 1.165) is 0 Å². The van der Waals surface area contributed by atoms with E-state index < -0.39 is 42.5 Å². The minimum atomic E-state index is -1.20. The molecule has 3 unspecified atom stereocenters. The first-order valence-corrected chi connectivity index (χ1v) is 9.40. The van der Waals surface area contributed by atoms with Crippen molar-refractivity contribution in [2.45, 2.75) is 37.4 Å². The fourth-order valence-corrected chi connectivity index (χ4v) is 3.24. The Morgan fingerprint density at radius 1 is 1.43 bits per heavy atom. The van der Waals surface area contributed by atoms with Gasteiger partial charge in [0, 0.05) is 30.6 Å². The van der Waals surface area contributed by atoms with E-state index in [4.69, 9.17) is 10.8 Å². The average Bonchev–Trinajstić information content (AvgIpc) is 3.34. The third-order valence-corrected chi connectivity index (χ3v) is 4.74. The van der Waals surface area contributed by atoms with Crippen LogP contribution in [-0.4, -0.2) is 80.6 Å². The molecular weight excluding hydrogens is 388 g/mol. The zero-order valence-electron chi connectivity index (χ0n) is 15.1. The normalized spacial score (nSPS) is 18.4. The van der Waals surface area contributed by atoms with Gasteiger partial charge in [-0.15, -0.1) is 0 Å². The lowest BCUT2D eigenvalue weighted by molar-refractivity contribution is -0.140. The third-order valence-electron chi connectivity index (χ3n) is 4.38. The summed E-state index contributed by atoms with van der Waals surface area (Å²) in [6, 6.07) is -2.57. The van der Waals surface area contributed by atoms with Crippen molar-refractivity contribution in [3.05, 3.63) is 18.2 Å². The number of nitrogens with zero attached hydrogens (tertiary/aromatic N) is 2. The maximum Gasteiger partial charge on any atom is 0.322 e. The highest BCUT2D eigenvalue weighted by atomic mass is 32.1. The van der Waals surface area contributed by atoms with Gasteiger partial charge in [-0.25, -0.2) is 4.98 Å². The molecular formula is C16H24N6O5S. The van der Waals surface area contributed by atoms with Crippen molar-refractivity contribution in [2.75, 3.05) is 18.8 Å². The van der Waals surface area contributed by atoms with Gasteiger partial charge in [0.1, 0.15) is 18.6 Å². The van der Waals surface area contributed by atoms with Crippen molar-refractivity contribution >= 4 is 36.3 Å². The van der Waals surface area contributed by atoms with Gasteiger partial charge in [-0.05, 0) is 12.8 Å².